The van der Waals surface area contributed by atoms with Gasteiger partial charge in [0.1, 0.15) is 12.1 Å². The molecule has 0 radical (unpaired) electrons. The summed E-state index contributed by atoms with van der Waals surface area (Å²) in [6.07, 6.45) is 6.04. The van der Waals surface area contributed by atoms with Crippen LogP contribution in [0.1, 0.15) is 43.2 Å². The van der Waals surface area contributed by atoms with Gasteiger partial charge in [-0.05, 0) is 61.6 Å². The van der Waals surface area contributed by atoms with Gasteiger partial charge in [-0.1, -0.05) is 18.2 Å². The third-order valence-corrected chi connectivity index (χ3v) is 8.52. The number of hydrogen-bond acceptors (Lipinski definition) is 8. The molecule has 0 spiro atoms. The number of amides is 4. The topological polar surface area (TPSA) is 189 Å². The second-order valence-electron chi connectivity index (χ2n) is 12.0. The van der Waals surface area contributed by atoms with Crippen molar-refractivity contribution in [3.05, 3.63) is 71.1 Å². The largest absolute Gasteiger partial charge is 0.416 e. The smallest absolute Gasteiger partial charge is 0.342 e. The van der Waals surface area contributed by atoms with Crippen LogP contribution < -0.4 is 27.8 Å². The molecule has 4 amide bonds. The van der Waals surface area contributed by atoms with E-state index in [0.29, 0.717) is 36.9 Å². The fourth-order valence-electron chi connectivity index (χ4n) is 5.98. The summed E-state index contributed by atoms with van der Waals surface area (Å²) in [5, 5.41) is 5.61. The molecule has 15 heteroatoms. The number of dihydropyridines is 1. The van der Waals surface area contributed by atoms with Crippen molar-refractivity contribution in [1.82, 2.24) is 20.4 Å². The minimum Gasteiger partial charge on any atom is -0.342 e. The molecule has 8 N–H and O–H groups in total. The van der Waals surface area contributed by atoms with Crippen LogP contribution in [0.4, 0.5) is 13.2 Å². The Bertz CT molecular complexity index is 1450. The molecular formula is C33H43F3N8O4. The number of halogens is 3. The summed E-state index contributed by atoms with van der Waals surface area (Å²) in [5.41, 5.74) is 18.4. The van der Waals surface area contributed by atoms with Crippen molar-refractivity contribution >= 4 is 29.8 Å². The summed E-state index contributed by atoms with van der Waals surface area (Å²) >= 11 is 0. The second kappa shape index (κ2) is 16.7. The fraction of sp³-hybridized carbons (Fsp3) is 0.485. The Kier molecular flexibility index (Phi) is 12.7. The Morgan fingerprint density at radius 3 is 2.42 bits per heavy atom. The first-order chi connectivity index (χ1) is 22.9. The van der Waals surface area contributed by atoms with Crippen LogP contribution in [0.15, 0.2) is 65.0 Å². The number of nitrogens with zero attached hydrogens (tertiary/aromatic N) is 3. The number of nitrogens with two attached hydrogens (primary N) is 3. The third-order valence-electron chi connectivity index (χ3n) is 8.52. The van der Waals surface area contributed by atoms with Gasteiger partial charge < -0.3 is 37.6 Å². The number of aliphatic imine (C=N–C) groups is 1. The molecule has 0 saturated carbocycles. The molecule has 0 aromatic heterocycles. The molecular weight excluding hydrogens is 629 g/mol. The lowest BCUT2D eigenvalue weighted by Crippen LogP contribution is -2.59. The van der Waals surface area contributed by atoms with Crippen molar-refractivity contribution in [1.29, 1.82) is 0 Å². The number of carbonyl (C=O) groups excluding carboxylic acids is 4. The molecule has 1 aromatic rings. The second-order valence-corrected chi connectivity index (χ2v) is 12.0. The number of fused-ring (bicyclic) bond motifs is 1. The van der Waals surface area contributed by atoms with Crippen LogP contribution in [0.5, 0.6) is 0 Å². The zero-order valence-corrected chi connectivity index (χ0v) is 26.6. The summed E-state index contributed by atoms with van der Waals surface area (Å²) in [6, 6.07) is 0.999. The monoisotopic (exact) mass is 672 g/mol. The maximum absolute atomic E-state index is 13.8. The Morgan fingerprint density at radius 1 is 1.04 bits per heavy atom. The summed E-state index contributed by atoms with van der Waals surface area (Å²) in [5.74, 6) is -2.16. The van der Waals surface area contributed by atoms with Crippen LogP contribution in [0.2, 0.25) is 0 Å². The van der Waals surface area contributed by atoms with Crippen LogP contribution in [-0.2, 0) is 31.8 Å². The summed E-state index contributed by atoms with van der Waals surface area (Å²) in [4.78, 5) is 60.8. The van der Waals surface area contributed by atoms with E-state index in [0.717, 1.165) is 17.8 Å². The van der Waals surface area contributed by atoms with Gasteiger partial charge in [0.25, 0.3) is 0 Å². The summed E-state index contributed by atoms with van der Waals surface area (Å²) < 4.78 is 39.6. The maximum atomic E-state index is 13.8. The van der Waals surface area contributed by atoms with Gasteiger partial charge in [-0.25, -0.2) is 0 Å². The number of rotatable bonds is 13. The summed E-state index contributed by atoms with van der Waals surface area (Å²) in [6.45, 7) is 1.17. The van der Waals surface area contributed by atoms with E-state index >= 15 is 0 Å². The normalized spacial score (nSPS) is 20.2. The van der Waals surface area contributed by atoms with Crippen LogP contribution in [0.25, 0.3) is 0 Å². The number of likely N-dealkylation sites (tertiary alicyclic amines) is 1. The predicted molar refractivity (Wildman–Crippen MR) is 174 cm³/mol. The fourth-order valence-corrected chi connectivity index (χ4v) is 5.98. The first-order valence-electron chi connectivity index (χ1n) is 16.0. The molecule has 48 heavy (non-hydrogen) atoms. The summed E-state index contributed by atoms with van der Waals surface area (Å²) in [7, 11) is 0. The van der Waals surface area contributed by atoms with Gasteiger partial charge in [0.15, 0.2) is 0 Å². The van der Waals surface area contributed by atoms with Gasteiger partial charge in [0, 0.05) is 62.7 Å². The maximum Gasteiger partial charge on any atom is 0.416 e. The SMILES string of the molecule is NCCN(CCN)C(=O)C[C@H](N)C(=O)N1CCCC[C@H]1C(=O)N[C@@H](Cc1ccc(C(F)(F)F)cc1)C(=O)NC1=CC=C2N=CC=CC2C1. The van der Waals surface area contributed by atoms with E-state index in [1.807, 2.05) is 12.2 Å². The van der Waals surface area contributed by atoms with E-state index < -0.39 is 47.6 Å². The highest BCUT2D eigenvalue weighted by Crippen LogP contribution is 2.30. The third kappa shape index (κ3) is 9.61. The Labute approximate surface area is 277 Å². The number of carbonyl (C=O) groups is 4. The molecule has 0 bridgehead atoms. The quantitative estimate of drug-likeness (QED) is 0.208. The number of benzene rings is 1. The molecule has 1 unspecified atom stereocenters. The lowest BCUT2D eigenvalue weighted by molar-refractivity contribution is -0.145. The van der Waals surface area contributed by atoms with E-state index in [1.165, 1.54) is 21.9 Å². The molecule has 1 fully saturated rings. The van der Waals surface area contributed by atoms with Crippen molar-refractivity contribution in [2.75, 3.05) is 32.7 Å². The predicted octanol–water partition coefficient (Wildman–Crippen LogP) is 1.12. The molecule has 2 aliphatic heterocycles. The van der Waals surface area contributed by atoms with Crippen LogP contribution in [-0.4, -0.2) is 90.5 Å². The van der Waals surface area contributed by atoms with Crippen molar-refractivity contribution in [2.24, 2.45) is 28.1 Å². The van der Waals surface area contributed by atoms with E-state index in [-0.39, 0.29) is 57.4 Å². The molecule has 4 rings (SSSR count). The minimum atomic E-state index is -4.53. The van der Waals surface area contributed by atoms with Crippen LogP contribution in [0.3, 0.4) is 0 Å². The molecule has 1 aliphatic carbocycles. The molecule has 260 valence electrons. The number of alkyl halides is 3. The first kappa shape index (κ1) is 36.5. The number of allylic oxidation sites excluding steroid dienone is 5. The van der Waals surface area contributed by atoms with E-state index in [9.17, 15) is 32.3 Å². The zero-order chi connectivity index (χ0) is 34.8. The van der Waals surface area contributed by atoms with Gasteiger partial charge in [-0.15, -0.1) is 0 Å². The molecule has 1 aromatic carbocycles. The van der Waals surface area contributed by atoms with Crippen molar-refractivity contribution in [3.8, 4) is 0 Å². The van der Waals surface area contributed by atoms with Crippen LogP contribution >= 0.6 is 0 Å². The highest BCUT2D eigenvalue weighted by molar-refractivity contribution is 5.95. The van der Waals surface area contributed by atoms with Gasteiger partial charge in [-0.2, -0.15) is 13.2 Å². The van der Waals surface area contributed by atoms with Crippen molar-refractivity contribution in [3.63, 3.8) is 0 Å². The van der Waals surface area contributed by atoms with Gasteiger partial charge >= 0.3 is 6.18 Å². The average Bonchev–Trinajstić information content (AvgIpc) is 3.07. The van der Waals surface area contributed by atoms with Gasteiger partial charge in [-0.3, -0.25) is 24.2 Å². The first-order valence-corrected chi connectivity index (χ1v) is 16.0. The van der Waals surface area contributed by atoms with E-state index in [1.54, 1.807) is 18.4 Å². The molecule has 3 aliphatic rings. The van der Waals surface area contributed by atoms with E-state index in [4.69, 9.17) is 17.2 Å². The highest BCUT2D eigenvalue weighted by Gasteiger charge is 2.37. The Morgan fingerprint density at radius 2 is 1.75 bits per heavy atom. The molecule has 1 saturated heterocycles. The van der Waals surface area contributed by atoms with Crippen molar-refractivity contribution in [2.45, 2.75) is 62.8 Å². The number of piperidine rings is 1. The Hall–Kier alpha value is -4.34. The van der Waals surface area contributed by atoms with Crippen LogP contribution in [0, 0.1) is 5.92 Å². The minimum absolute atomic E-state index is 0.0335. The standard InChI is InChI=1S/C33H43F3N8O4/c34-33(35,36)23-8-6-21(7-9-23)18-27(30(46)41-24-10-11-26-22(19-24)4-3-14-40-26)42-31(47)28-5-1-2-15-44(28)32(48)25(39)20-29(45)43(16-12-37)17-13-38/h3-4,6-11,14,22,25,27-28H,1-2,5,12-13,15-20,37-39H2,(H,41,46)(H,42,47)/t22?,25-,27-,28-/m0/s1. The zero-order valence-electron chi connectivity index (χ0n) is 26.6. The Balaban J connectivity index is 1.50. The van der Waals surface area contributed by atoms with Crippen molar-refractivity contribution < 1.29 is 32.3 Å². The molecule has 4 atom stereocenters. The average molecular weight is 673 g/mol. The highest BCUT2D eigenvalue weighted by atomic mass is 19.4. The molecule has 12 nitrogen and oxygen atoms in total. The number of hydrogen-bond donors (Lipinski definition) is 5. The lowest BCUT2D eigenvalue weighted by Gasteiger charge is -2.37. The van der Waals surface area contributed by atoms with Gasteiger partial charge in [0.2, 0.25) is 23.6 Å². The van der Waals surface area contributed by atoms with Gasteiger partial charge in [0.05, 0.1) is 18.0 Å². The lowest BCUT2D eigenvalue weighted by atomic mass is 9.92. The number of nitrogens with one attached hydrogen (secondary N) is 2. The van der Waals surface area contributed by atoms with E-state index in [2.05, 4.69) is 15.6 Å². The molecule has 2 heterocycles.